The third-order valence-electron chi connectivity index (χ3n) is 4.16. The fourth-order valence-corrected chi connectivity index (χ4v) is 2.55. The van der Waals surface area contributed by atoms with Crippen molar-refractivity contribution in [1.82, 2.24) is 15.1 Å². The summed E-state index contributed by atoms with van der Waals surface area (Å²) in [5.74, 6) is 0.0176. The second kappa shape index (κ2) is 6.84. The van der Waals surface area contributed by atoms with Crippen LogP contribution < -0.4 is 10.9 Å². The van der Waals surface area contributed by atoms with Gasteiger partial charge in [0.25, 0.3) is 17.2 Å². The first kappa shape index (κ1) is 16.8. The van der Waals surface area contributed by atoms with Crippen LogP contribution in [0.4, 0.5) is 5.69 Å². The summed E-state index contributed by atoms with van der Waals surface area (Å²) in [7, 11) is 0. The van der Waals surface area contributed by atoms with E-state index in [1.54, 1.807) is 13.0 Å². The summed E-state index contributed by atoms with van der Waals surface area (Å²) in [4.78, 5) is 34.4. The number of nitrogens with zero attached hydrogens (tertiary/aromatic N) is 3. The molecule has 1 heterocycles. The molecule has 1 aromatic carbocycles. The quantitative estimate of drug-likeness (QED) is 0.636. The molecule has 0 aliphatic heterocycles. The molecule has 3 rings (SSSR count). The average molecular weight is 342 g/mol. The lowest BCUT2D eigenvalue weighted by Gasteiger charge is -2.08. The van der Waals surface area contributed by atoms with Gasteiger partial charge in [-0.05, 0) is 31.9 Å². The Kier molecular flexibility index (Phi) is 4.60. The predicted molar refractivity (Wildman–Crippen MR) is 90.6 cm³/mol. The Balaban J connectivity index is 1.63. The zero-order chi connectivity index (χ0) is 18.0. The van der Waals surface area contributed by atoms with Crippen LogP contribution in [0.3, 0.4) is 0 Å². The van der Waals surface area contributed by atoms with Gasteiger partial charge in [-0.2, -0.15) is 5.10 Å². The van der Waals surface area contributed by atoms with Crippen molar-refractivity contribution < 1.29 is 9.72 Å². The molecule has 1 fully saturated rings. The highest BCUT2D eigenvalue weighted by atomic mass is 16.6. The van der Waals surface area contributed by atoms with E-state index in [9.17, 15) is 19.7 Å². The number of aryl methyl sites for hydroxylation is 1. The van der Waals surface area contributed by atoms with Gasteiger partial charge in [0, 0.05) is 35.7 Å². The molecule has 1 N–H and O–H groups in total. The van der Waals surface area contributed by atoms with Crippen LogP contribution in [0.1, 0.15) is 40.4 Å². The summed E-state index contributed by atoms with van der Waals surface area (Å²) in [6.45, 7) is 2.07. The van der Waals surface area contributed by atoms with Crippen LogP contribution in [0, 0.1) is 17.0 Å². The van der Waals surface area contributed by atoms with Crippen molar-refractivity contribution in [3.05, 3.63) is 67.6 Å². The average Bonchev–Trinajstić information content (AvgIpc) is 3.41. The first-order valence-electron chi connectivity index (χ1n) is 8.07. The number of hydrogen-bond donors (Lipinski definition) is 1. The smallest absolute Gasteiger partial charge is 0.273 e. The van der Waals surface area contributed by atoms with Crippen LogP contribution in [-0.2, 0) is 6.54 Å². The molecule has 1 amide bonds. The minimum Gasteiger partial charge on any atom is -0.350 e. The van der Waals surface area contributed by atoms with Crippen molar-refractivity contribution in [2.75, 3.05) is 6.54 Å². The fraction of sp³-hybridized carbons (Fsp3) is 0.353. The number of aromatic nitrogens is 2. The van der Waals surface area contributed by atoms with E-state index in [0.717, 1.165) is 18.5 Å². The Morgan fingerprint density at radius 1 is 1.36 bits per heavy atom. The van der Waals surface area contributed by atoms with Gasteiger partial charge >= 0.3 is 0 Å². The van der Waals surface area contributed by atoms with E-state index in [1.807, 2.05) is 0 Å². The topological polar surface area (TPSA) is 107 Å². The number of hydrogen-bond acceptors (Lipinski definition) is 5. The zero-order valence-electron chi connectivity index (χ0n) is 13.8. The van der Waals surface area contributed by atoms with Gasteiger partial charge in [-0.25, -0.2) is 4.68 Å². The van der Waals surface area contributed by atoms with Crippen LogP contribution in [0.15, 0.2) is 35.1 Å². The van der Waals surface area contributed by atoms with Crippen LogP contribution in [-0.4, -0.2) is 27.2 Å². The summed E-state index contributed by atoms with van der Waals surface area (Å²) in [5, 5.41) is 17.9. The number of rotatable bonds is 6. The molecular formula is C17H18N4O4. The molecule has 0 radical (unpaired) electrons. The van der Waals surface area contributed by atoms with Gasteiger partial charge in [0.1, 0.15) is 0 Å². The lowest BCUT2D eigenvalue weighted by atomic mass is 10.1. The van der Waals surface area contributed by atoms with Crippen molar-refractivity contribution in [2.45, 2.75) is 32.2 Å². The number of benzene rings is 1. The first-order chi connectivity index (χ1) is 12.0. The highest BCUT2D eigenvalue weighted by Gasteiger charge is 2.25. The molecule has 0 spiro atoms. The number of nitro benzene ring substituents is 1. The second-order valence-electron chi connectivity index (χ2n) is 6.11. The van der Waals surface area contributed by atoms with Crippen LogP contribution in [0.25, 0.3) is 0 Å². The Morgan fingerprint density at radius 2 is 2.12 bits per heavy atom. The van der Waals surface area contributed by atoms with E-state index in [4.69, 9.17) is 0 Å². The predicted octanol–water partition coefficient (Wildman–Crippen LogP) is 1.77. The molecule has 25 heavy (non-hydrogen) atoms. The maximum Gasteiger partial charge on any atom is 0.273 e. The van der Waals surface area contributed by atoms with Crippen LogP contribution in [0.2, 0.25) is 0 Å². The van der Waals surface area contributed by atoms with Gasteiger partial charge in [0.2, 0.25) is 0 Å². The van der Waals surface area contributed by atoms with Gasteiger partial charge in [-0.15, -0.1) is 0 Å². The Bertz CT molecular complexity index is 886. The third kappa shape index (κ3) is 3.90. The standard InChI is InChI=1S/C17H18N4O4/c1-11-2-3-13(10-15(11)21(24)25)17(23)18-8-9-20-16(22)7-6-14(19-20)12-4-5-12/h2-3,6-7,10,12H,4-5,8-9H2,1H3,(H,18,23). The van der Waals surface area contributed by atoms with E-state index in [0.29, 0.717) is 11.5 Å². The van der Waals surface area contributed by atoms with Crippen molar-refractivity contribution in [2.24, 2.45) is 0 Å². The highest BCUT2D eigenvalue weighted by Crippen LogP contribution is 2.38. The number of nitrogens with one attached hydrogen (secondary N) is 1. The monoisotopic (exact) mass is 342 g/mol. The van der Waals surface area contributed by atoms with Crippen LogP contribution in [0.5, 0.6) is 0 Å². The largest absolute Gasteiger partial charge is 0.350 e. The Hall–Kier alpha value is -3.03. The first-order valence-corrected chi connectivity index (χ1v) is 8.07. The number of amides is 1. The normalized spacial score (nSPS) is 13.5. The summed E-state index contributed by atoms with van der Waals surface area (Å²) >= 11 is 0. The summed E-state index contributed by atoms with van der Waals surface area (Å²) < 4.78 is 1.34. The Labute approximate surface area is 143 Å². The molecule has 8 nitrogen and oxygen atoms in total. The van der Waals surface area contributed by atoms with Crippen LogP contribution >= 0.6 is 0 Å². The maximum absolute atomic E-state index is 12.1. The van der Waals surface area contributed by atoms with E-state index in [-0.39, 0.29) is 29.9 Å². The number of nitro groups is 1. The maximum atomic E-state index is 12.1. The second-order valence-corrected chi connectivity index (χ2v) is 6.11. The van der Waals surface area contributed by atoms with Gasteiger partial charge in [0.05, 0.1) is 17.2 Å². The summed E-state index contributed by atoms with van der Waals surface area (Å²) in [6.07, 6.45) is 2.18. The summed E-state index contributed by atoms with van der Waals surface area (Å²) in [5.41, 5.74) is 1.30. The number of carbonyl (C=O) groups excluding carboxylic acids is 1. The molecule has 2 aromatic rings. The lowest BCUT2D eigenvalue weighted by Crippen LogP contribution is -2.32. The minimum atomic E-state index is -0.515. The zero-order valence-corrected chi connectivity index (χ0v) is 13.8. The molecule has 0 saturated heterocycles. The van der Waals surface area contributed by atoms with Gasteiger partial charge < -0.3 is 5.32 Å². The SMILES string of the molecule is Cc1ccc(C(=O)NCCn2nc(C3CC3)ccc2=O)cc1[N+](=O)[O-]. The molecule has 0 unspecified atom stereocenters. The third-order valence-corrected chi connectivity index (χ3v) is 4.16. The minimum absolute atomic E-state index is 0.0947. The van der Waals surface area contributed by atoms with Crippen molar-refractivity contribution >= 4 is 11.6 Å². The molecule has 8 heteroatoms. The molecular weight excluding hydrogens is 324 g/mol. The van der Waals surface area contributed by atoms with Gasteiger partial charge in [-0.1, -0.05) is 6.07 Å². The van der Waals surface area contributed by atoms with E-state index in [2.05, 4.69) is 10.4 Å². The van der Waals surface area contributed by atoms with E-state index < -0.39 is 10.8 Å². The van der Waals surface area contributed by atoms with Crippen molar-refractivity contribution in [3.8, 4) is 0 Å². The molecule has 1 aliphatic carbocycles. The fourth-order valence-electron chi connectivity index (χ4n) is 2.55. The molecule has 1 aliphatic rings. The molecule has 1 aromatic heterocycles. The van der Waals surface area contributed by atoms with E-state index in [1.165, 1.54) is 28.9 Å². The molecule has 1 saturated carbocycles. The molecule has 0 bridgehead atoms. The number of carbonyl (C=O) groups is 1. The van der Waals surface area contributed by atoms with Gasteiger partial charge in [-0.3, -0.25) is 19.7 Å². The molecule has 0 atom stereocenters. The van der Waals surface area contributed by atoms with Gasteiger partial charge in [0.15, 0.2) is 0 Å². The highest BCUT2D eigenvalue weighted by molar-refractivity contribution is 5.94. The molecule has 130 valence electrons. The van der Waals surface area contributed by atoms with E-state index >= 15 is 0 Å². The van der Waals surface area contributed by atoms with Crippen molar-refractivity contribution in [3.63, 3.8) is 0 Å². The van der Waals surface area contributed by atoms with Crippen molar-refractivity contribution in [1.29, 1.82) is 0 Å². The Morgan fingerprint density at radius 3 is 2.80 bits per heavy atom. The lowest BCUT2D eigenvalue weighted by molar-refractivity contribution is -0.385. The summed E-state index contributed by atoms with van der Waals surface area (Å²) in [6, 6.07) is 7.57.